The van der Waals surface area contributed by atoms with Gasteiger partial charge in [0.1, 0.15) is 0 Å². The van der Waals surface area contributed by atoms with E-state index in [0.29, 0.717) is 19.6 Å². The molecular weight excluding hydrogens is 436 g/mol. The molecule has 9 heteroatoms. The second-order valence-electron chi connectivity index (χ2n) is 8.39. The van der Waals surface area contributed by atoms with Gasteiger partial charge in [0.15, 0.2) is 0 Å². The van der Waals surface area contributed by atoms with Crippen LogP contribution in [0.3, 0.4) is 0 Å². The maximum absolute atomic E-state index is 11.7. The average Bonchev–Trinajstić information content (AvgIpc) is 3.16. The van der Waals surface area contributed by atoms with E-state index in [9.17, 15) is 10.2 Å². The van der Waals surface area contributed by atoms with Gasteiger partial charge in [-0.1, -0.05) is 49.4 Å². The standard InChI is InChI=1S/C22H34N6O2.Fe/c1-19(29)14-25-8-9-26(15-20(2)30)11-13-27(12-10-25)17-22-18-28(24-23-22)16-21-6-4-3-5-7-21;/h3-7,18-20H,8-17H2,1-2H3;/q-2;+5/t19-,20-;/m0./s1. The summed E-state index contributed by atoms with van der Waals surface area (Å²) in [5.41, 5.74) is 2.14. The molecule has 0 bridgehead atoms. The minimum absolute atomic E-state index is 0. The molecule has 169 valence electrons. The van der Waals surface area contributed by atoms with E-state index in [4.69, 9.17) is 0 Å². The quantitative estimate of drug-likeness (QED) is 0.469. The molecule has 31 heavy (non-hydrogen) atoms. The van der Waals surface area contributed by atoms with Gasteiger partial charge in [0.05, 0.1) is 18.4 Å². The van der Waals surface area contributed by atoms with E-state index >= 15 is 0 Å². The molecule has 2 heterocycles. The van der Waals surface area contributed by atoms with Gasteiger partial charge >= 0.3 is 17.1 Å². The number of aromatic nitrogens is 3. The van der Waals surface area contributed by atoms with Crippen LogP contribution in [-0.4, -0.2) is 94.3 Å². The fourth-order valence-electron chi connectivity index (χ4n) is 3.92. The molecule has 8 nitrogen and oxygen atoms in total. The molecule has 1 aliphatic heterocycles. The molecular formula is C22H34FeN6O2+3. The second-order valence-corrected chi connectivity index (χ2v) is 8.39. The summed E-state index contributed by atoms with van der Waals surface area (Å²) >= 11 is 0. The van der Waals surface area contributed by atoms with Gasteiger partial charge in [0.25, 0.3) is 0 Å². The third-order valence-corrected chi connectivity index (χ3v) is 5.39. The monoisotopic (exact) mass is 470 g/mol. The molecule has 0 N–H and O–H groups in total. The maximum Gasteiger partial charge on any atom is 5.00 e. The van der Waals surface area contributed by atoms with Crippen molar-refractivity contribution in [3.8, 4) is 0 Å². The van der Waals surface area contributed by atoms with Gasteiger partial charge in [-0.05, 0) is 18.7 Å². The minimum atomic E-state index is -0.607. The molecule has 1 saturated heterocycles. The first kappa shape index (κ1) is 25.9. The van der Waals surface area contributed by atoms with Gasteiger partial charge in [-0.2, -0.15) is 0 Å². The van der Waals surface area contributed by atoms with Gasteiger partial charge in [-0.25, -0.2) is 4.68 Å². The van der Waals surface area contributed by atoms with Crippen molar-refractivity contribution < 1.29 is 27.3 Å². The van der Waals surface area contributed by atoms with E-state index in [1.807, 2.05) is 29.1 Å². The van der Waals surface area contributed by atoms with Gasteiger partial charge in [-0.15, -0.1) is 17.3 Å². The first-order valence-corrected chi connectivity index (χ1v) is 10.9. The SMILES string of the molecule is C[C@H]([O-])CN1CCN(Cc2cn(Cc3ccccc3)nn2)CCN(C[C@H](C)[O-])CC1.[Fe+5]. The Bertz CT molecular complexity index is 721. The molecule has 2 aromatic rings. The van der Waals surface area contributed by atoms with Crippen molar-refractivity contribution in [3.05, 3.63) is 47.8 Å². The molecule has 0 amide bonds. The smallest absolute Gasteiger partial charge is 0.851 e. The topological polar surface area (TPSA) is 86.5 Å². The van der Waals surface area contributed by atoms with Crippen LogP contribution in [0, 0.1) is 0 Å². The maximum atomic E-state index is 11.7. The molecule has 1 aliphatic rings. The van der Waals surface area contributed by atoms with Crippen LogP contribution < -0.4 is 10.2 Å². The Balaban J connectivity index is 0.00000341. The molecule has 0 aliphatic carbocycles. The molecule has 1 aromatic heterocycles. The molecule has 1 aromatic carbocycles. The molecule has 0 unspecified atom stereocenters. The molecule has 0 spiro atoms. The van der Waals surface area contributed by atoms with E-state index in [1.165, 1.54) is 5.56 Å². The van der Waals surface area contributed by atoms with Gasteiger partial charge in [0.2, 0.25) is 0 Å². The van der Waals surface area contributed by atoms with Gasteiger partial charge < -0.3 is 20.0 Å². The number of rotatable bonds is 8. The summed E-state index contributed by atoms with van der Waals surface area (Å²) in [5.74, 6) is 0. The van der Waals surface area contributed by atoms with Crippen molar-refractivity contribution >= 4 is 0 Å². The fraction of sp³-hybridized carbons (Fsp3) is 0.636. The zero-order valence-electron chi connectivity index (χ0n) is 18.5. The van der Waals surface area contributed by atoms with Crippen LogP contribution in [0.15, 0.2) is 36.5 Å². The fourth-order valence-corrected chi connectivity index (χ4v) is 3.92. The Morgan fingerprint density at radius 3 is 1.84 bits per heavy atom. The Morgan fingerprint density at radius 1 is 0.806 bits per heavy atom. The predicted molar refractivity (Wildman–Crippen MR) is 113 cm³/mol. The van der Waals surface area contributed by atoms with Crippen molar-refractivity contribution in [2.75, 3.05) is 52.4 Å². The summed E-state index contributed by atoms with van der Waals surface area (Å²) in [4.78, 5) is 6.81. The Labute approximate surface area is 196 Å². The van der Waals surface area contributed by atoms with Crippen molar-refractivity contribution in [3.63, 3.8) is 0 Å². The van der Waals surface area contributed by atoms with Crippen LogP contribution >= 0.6 is 0 Å². The zero-order chi connectivity index (χ0) is 21.3. The summed E-state index contributed by atoms with van der Waals surface area (Å²) in [5, 5.41) is 32.1. The van der Waals surface area contributed by atoms with Crippen LogP contribution in [0.25, 0.3) is 0 Å². The van der Waals surface area contributed by atoms with Crippen LogP contribution in [-0.2, 0) is 30.2 Å². The summed E-state index contributed by atoms with van der Waals surface area (Å²) in [7, 11) is 0. The van der Waals surface area contributed by atoms with Crippen LogP contribution in [0.2, 0.25) is 0 Å². The van der Waals surface area contributed by atoms with Crippen LogP contribution in [0.4, 0.5) is 0 Å². The average molecular weight is 470 g/mol. The molecule has 1 radical (unpaired) electrons. The van der Waals surface area contributed by atoms with E-state index in [1.54, 1.807) is 13.8 Å². The summed E-state index contributed by atoms with van der Waals surface area (Å²) < 4.78 is 1.87. The van der Waals surface area contributed by atoms with Crippen LogP contribution in [0.5, 0.6) is 0 Å². The Kier molecular flexibility index (Phi) is 11.1. The van der Waals surface area contributed by atoms with E-state index < -0.39 is 12.2 Å². The third kappa shape index (κ3) is 9.37. The second kappa shape index (κ2) is 13.3. The van der Waals surface area contributed by atoms with Crippen molar-refractivity contribution in [1.82, 2.24) is 29.7 Å². The number of hydrogen-bond donors (Lipinski definition) is 0. The zero-order valence-corrected chi connectivity index (χ0v) is 19.6. The van der Waals surface area contributed by atoms with Gasteiger partial charge in [-0.3, -0.25) is 4.90 Å². The third-order valence-electron chi connectivity index (χ3n) is 5.39. The number of benzene rings is 1. The first-order valence-electron chi connectivity index (χ1n) is 10.9. The minimum Gasteiger partial charge on any atom is -0.851 e. The molecule has 3 rings (SSSR count). The van der Waals surface area contributed by atoms with Crippen molar-refractivity contribution in [1.29, 1.82) is 0 Å². The van der Waals surface area contributed by atoms with E-state index in [0.717, 1.165) is 51.5 Å². The van der Waals surface area contributed by atoms with Gasteiger partial charge in [0, 0.05) is 45.8 Å². The van der Waals surface area contributed by atoms with E-state index in [2.05, 4.69) is 37.1 Å². The normalized spacial score (nSPS) is 19.1. The van der Waals surface area contributed by atoms with Crippen molar-refractivity contribution in [2.45, 2.75) is 39.1 Å². The van der Waals surface area contributed by atoms with Crippen LogP contribution in [0.1, 0.15) is 25.1 Å². The predicted octanol–water partition coefficient (Wildman–Crippen LogP) is -0.759. The Hall–Kier alpha value is -1.32. The number of hydrogen-bond acceptors (Lipinski definition) is 7. The summed E-state index contributed by atoms with van der Waals surface area (Å²) in [6.45, 7) is 11.1. The molecule has 0 saturated carbocycles. The summed E-state index contributed by atoms with van der Waals surface area (Å²) in [6.07, 6.45) is 0.794. The van der Waals surface area contributed by atoms with E-state index in [-0.39, 0.29) is 17.1 Å². The molecule has 1 fully saturated rings. The Morgan fingerprint density at radius 2 is 1.32 bits per heavy atom. The number of nitrogens with zero attached hydrogens (tertiary/aromatic N) is 6. The molecule has 2 atom stereocenters. The van der Waals surface area contributed by atoms with Crippen molar-refractivity contribution in [2.24, 2.45) is 0 Å². The summed E-state index contributed by atoms with van der Waals surface area (Å²) in [6, 6.07) is 10.2. The largest absolute Gasteiger partial charge is 5.00 e. The first-order chi connectivity index (χ1) is 14.5.